The maximum atomic E-state index is 11.6. The summed E-state index contributed by atoms with van der Waals surface area (Å²) < 4.78 is 0.989. The Labute approximate surface area is 138 Å². The third kappa shape index (κ3) is 5.69. The van der Waals surface area contributed by atoms with E-state index in [1.54, 1.807) is 23.1 Å². The number of hydrogen-bond donors (Lipinski definition) is 1. The lowest BCUT2D eigenvalue weighted by Gasteiger charge is -2.01. The van der Waals surface area contributed by atoms with E-state index in [0.29, 0.717) is 6.42 Å². The van der Waals surface area contributed by atoms with Crippen LogP contribution in [-0.4, -0.2) is 17.4 Å². The van der Waals surface area contributed by atoms with Gasteiger partial charge in [-0.3, -0.25) is 4.79 Å². The van der Waals surface area contributed by atoms with Gasteiger partial charge in [0.2, 0.25) is 5.91 Å². The van der Waals surface area contributed by atoms with Crippen molar-refractivity contribution in [1.82, 2.24) is 10.3 Å². The number of rotatable bonds is 7. The largest absolute Gasteiger partial charge is 0.356 e. The van der Waals surface area contributed by atoms with E-state index in [1.165, 1.54) is 5.56 Å². The normalized spacial score (nSPS) is 10.6. The number of hydrogen-bond acceptors (Lipinski definition) is 4. The molecule has 1 heterocycles. The van der Waals surface area contributed by atoms with Crippen molar-refractivity contribution in [3.63, 3.8) is 0 Å². The zero-order valence-corrected chi connectivity index (χ0v) is 14.2. The van der Waals surface area contributed by atoms with Gasteiger partial charge in [0.25, 0.3) is 0 Å². The molecule has 1 aromatic carbocycles. The fourth-order valence-electron chi connectivity index (χ4n) is 1.65. The summed E-state index contributed by atoms with van der Waals surface area (Å²) in [7, 11) is 0. The SMILES string of the molecule is CCCNC(=O)Cc1csc(SCc2ccc(Cl)cc2)n1. The van der Waals surface area contributed by atoms with E-state index >= 15 is 0 Å². The highest BCUT2D eigenvalue weighted by molar-refractivity contribution is 8.00. The lowest BCUT2D eigenvalue weighted by atomic mass is 10.2. The van der Waals surface area contributed by atoms with Gasteiger partial charge in [0.15, 0.2) is 0 Å². The van der Waals surface area contributed by atoms with Crippen molar-refractivity contribution in [2.24, 2.45) is 0 Å². The fraction of sp³-hybridized carbons (Fsp3) is 0.333. The Hall–Kier alpha value is -1.04. The zero-order chi connectivity index (χ0) is 15.1. The molecule has 3 nitrogen and oxygen atoms in total. The van der Waals surface area contributed by atoms with Crippen LogP contribution in [0.2, 0.25) is 5.02 Å². The molecule has 1 amide bonds. The average molecular weight is 341 g/mol. The predicted octanol–water partition coefficient (Wildman–Crippen LogP) is 4.16. The Bertz CT molecular complexity index is 584. The van der Waals surface area contributed by atoms with Crippen molar-refractivity contribution < 1.29 is 4.79 Å². The molecule has 2 aromatic rings. The van der Waals surface area contributed by atoms with E-state index in [9.17, 15) is 4.79 Å². The molecular formula is C15H17ClN2OS2. The highest BCUT2D eigenvalue weighted by Crippen LogP contribution is 2.26. The van der Waals surface area contributed by atoms with Gasteiger partial charge in [-0.05, 0) is 24.1 Å². The zero-order valence-electron chi connectivity index (χ0n) is 11.8. The van der Waals surface area contributed by atoms with E-state index < -0.39 is 0 Å². The lowest BCUT2D eigenvalue weighted by molar-refractivity contribution is -0.120. The molecular weight excluding hydrogens is 324 g/mol. The van der Waals surface area contributed by atoms with Gasteiger partial charge in [0.05, 0.1) is 12.1 Å². The van der Waals surface area contributed by atoms with Crippen LogP contribution < -0.4 is 5.32 Å². The molecule has 0 aliphatic carbocycles. The Balaban J connectivity index is 1.82. The summed E-state index contributed by atoms with van der Waals surface area (Å²) in [6.45, 7) is 2.76. The van der Waals surface area contributed by atoms with Gasteiger partial charge in [-0.1, -0.05) is 42.4 Å². The minimum Gasteiger partial charge on any atom is -0.356 e. The summed E-state index contributed by atoms with van der Waals surface area (Å²) in [4.78, 5) is 16.1. The fourth-order valence-corrected chi connectivity index (χ4v) is 3.58. The second-order valence-electron chi connectivity index (χ2n) is 4.55. The number of aromatic nitrogens is 1. The Morgan fingerprint density at radius 1 is 1.38 bits per heavy atom. The Morgan fingerprint density at radius 3 is 2.86 bits per heavy atom. The molecule has 6 heteroatoms. The first-order chi connectivity index (χ1) is 10.2. The van der Waals surface area contributed by atoms with Gasteiger partial charge in [0.1, 0.15) is 4.34 Å². The first-order valence-electron chi connectivity index (χ1n) is 6.75. The maximum Gasteiger partial charge on any atom is 0.226 e. The predicted molar refractivity (Wildman–Crippen MR) is 90.1 cm³/mol. The number of benzene rings is 1. The molecule has 0 atom stereocenters. The molecule has 21 heavy (non-hydrogen) atoms. The molecule has 1 aromatic heterocycles. The molecule has 1 N–H and O–H groups in total. The second-order valence-corrected chi connectivity index (χ2v) is 7.06. The Kier molecular flexibility index (Phi) is 6.54. The molecule has 0 aliphatic rings. The quantitative estimate of drug-likeness (QED) is 0.769. The summed E-state index contributed by atoms with van der Waals surface area (Å²) in [6, 6.07) is 7.82. The highest BCUT2D eigenvalue weighted by atomic mass is 35.5. The molecule has 2 rings (SSSR count). The van der Waals surface area contributed by atoms with Gasteiger partial charge in [-0.2, -0.15) is 0 Å². The van der Waals surface area contributed by atoms with Gasteiger partial charge in [-0.15, -0.1) is 11.3 Å². The monoisotopic (exact) mass is 340 g/mol. The summed E-state index contributed by atoms with van der Waals surface area (Å²) in [5, 5.41) is 5.56. The second kappa shape index (κ2) is 8.41. The number of nitrogens with zero attached hydrogens (tertiary/aromatic N) is 1. The van der Waals surface area contributed by atoms with Crippen LogP contribution in [-0.2, 0) is 17.0 Å². The molecule has 112 valence electrons. The third-order valence-electron chi connectivity index (χ3n) is 2.72. The van der Waals surface area contributed by atoms with E-state index in [-0.39, 0.29) is 5.91 Å². The maximum absolute atomic E-state index is 11.6. The van der Waals surface area contributed by atoms with Crippen LogP contribution in [0.25, 0.3) is 0 Å². The van der Waals surface area contributed by atoms with Crippen molar-refractivity contribution in [3.8, 4) is 0 Å². The summed E-state index contributed by atoms with van der Waals surface area (Å²) in [5.74, 6) is 0.892. The van der Waals surface area contributed by atoms with Gasteiger partial charge >= 0.3 is 0 Å². The first-order valence-corrected chi connectivity index (χ1v) is 9.00. The highest BCUT2D eigenvalue weighted by Gasteiger charge is 2.07. The van der Waals surface area contributed by atoms with Crippen molar-refractivity contribution in [1.29, 1.82) is 0 Å². The van der Waals surface area contributed by atoms with Crippen LogP contribution in [0.5, 0.6) is 0 Å². The smallest absolute Gasteiger partial charge is 0.226 e. The summed E-state index contributed by atoms with van der Waals surface area (Å²) >= 11 is 9.12. The Morgan fingerprint density at radius 2 is 2.14 bits per heavy atom. The van der Waals surface area contributed by atoms with E-state index in [2.05, 4.69) is 10.3 Å². The van der Waals surface area contributed by atoms with Gasteiger partial charge in [-0.25, -0.2) is 4.98 Å². The van der Waals surface area contributed by atoms with Crippen molar-refractivity contribution >= 4 is 40.6 Å². The van der Waals surface area contributed by atoms with Crippen LogP contribution in [0.1, 0.15) is 24.6 Å². The number of carbonyl (C=O) groups excluding carboxylic acids is 1. The number of carbonyl (C=O) groups is 1. The van der Waals surface area contributed by atoms with Crippen LogP contribution >= 0.6 is 34.7 Å². The average Bonchev–Trinajstić information content (AvgIpc) is 2.92. The molecule has 0 bridgehead atoms. The molecule has 0 aliphatic heterocycles. The number of nitrogens with one attached hydrogen (secondary N) is 1. The molecule has 0 radical (unpaired) electrons. The summed E-state index contributed by atoms with van der Waals surface area (Å²) in [6.07, 6.45) is 1.31. The van der Waals surface area contributed by atoms with Crippen LogP contribution in [0.15, 0.2) is 34.0 Å². The van der Waals surface area contributed by atoms with Crippen LogP contribution in [0.3, 0.4) is 0 Å². The minimum atomic E-state index is 0.0383. The van der Waals surface area contributed by atoms with Crippen molar-refractivity contribution in [2.45, 2.75) is 29.9 Å². The first kappa shape index (κ1) is 16.3. The number of thioether (sulfide) groups is 1. The summed E-state index contributed by atoms with van der Waals surface area (Å²) in [5.41, 5.74) is 2.05. The van der Waals surface area contributed by atoms with Gasteiger partial charge in [0, 0.05) is 22.7 Å². The third-order valence-corrected chi connectivity index (χ3v) is 5.11. The number of halogens is 1. The van der Waals surface area contributed by atoms with E-state index in [4.69, 9.17) is 11.6 Å². The lowest BCUT2D eigenvalue weighted by Crippen LogP contribution is -2.25. The topological polar surface area (TPSA) is 42.0 Å². The molecule has 0 saturated heterocycles. The van der Waals surface area contributed by atoms with Crippen molar-refractivity contribution in [2.75, 3.05) is 6.54 Å². The van der Waals surface area contributed by atoms with Crippen LogP contribution in [0, 0.1) is 0 Å². The molecule has 0 spiro atoms. The standard InChI is InChI=1S/C15H17ClN2OS2/c1-2-7-17-14(19)8-13-10-21-15(18-13)20-9-11-3-5-12(16)6-4-11/h3-6,10H,2,7-9H2,1H3,(H,17,19). The molecule has 0 saturated carbocycles. The van der Waals surface area contributed by atoms with Crippen LogP contribution in [0.4, 0.5) is 0 Å². The van der Waals surface area contributed by atoms with E-state index in [1.807, 2.05) is 36.6 Å². The van der Waals surface area contributed by atoms with Gasteiger partial charge < -0.3 is 5.32 Å². The van der Waals surface area contributed by atoms with E-state index in [0.717, 1.165) is 33.8 Å². The van der Waals surface area contributed by atoms with Crippen molar-refractivity contribution in [3.05, 3.63) is 45.9 Å². The number of thiazole rings is 1. The molecule has 0 fully saturated rings. The number of amides is 1. The minimum absolute atomic E-state index is 0.0383. The molecule has 0 unspecified atom stereocenters.